The summed E-state index contributed by atoms with van der Waals surface area (Å²) in [5.41, 5.74) is 5.29. The van der Waals surface area contributed by atoms with Crippen LogP contribution >= 0.6 is 0 Å². The number of carbonyl (C=O) groups excluding carboxylic acids is 1. The first-order valence-electron chi connectivity index (χ1n) is 5.41. The van der Waals surface area contributed by atoms with Crippen molar-refractivity contribution in [3.8, 4) is 0 Å². The van der Waals surface area contributed by atoms with Gasteiger partial charge >= 0.3 is 0 Å². The summed E-state index contributed by atoms with van der Waals surface area (Å²) in [6.45, 7) is 2.36. The van der Waals surface area contributed by atoms with Gasteiger partial charge in [0.25, 0.3) is 0 Å². The Labute approximate surface area is 85.8 Å². The molecule has 0 aliphatic carbocycles. The zero-order valence-electron chi connectivity index (χ0n) is 8.96. The molecule has 4 nitrogen and oxygen atoms in total. The number of hydrogen-bond donors (Lipinski definition) is 2. The predicted molar refractivity (Wildman–Crippen MR) is 57.0 cm³/mol. The molecule has 0 radical (unpaired) electrons. The number of likely N-dealkylation sites (N-methyl/N-ethyl adjacent to an activating group) is 1. The Morgan fingerprint density at radius 1 is 1.57 bits per heavy atom. The van der Waals surface area contributed by atoms with Crippen molar-refractivity contribution >= 4 is 5.91 Å². The largest absolute Gasteiger partial charge is 0.354 e. The van der Waals surface area contributed by atoms with Gasteiger partial charge in [0.2, 0.25) is 5.91 Å². The van der Waals surface area contributed by atoms with Gasteiger partial charge < -0.3 is 16.0 Å². The highest BCUT2D eigenvalue weighted by molar-refractivity contribution is 5.76. The van der Waals surface area contributed by atoms with Gasteiger partial charge in [-0.15, -0.1) is 0 Å². The van der Waals surface area contributed by atoms with Crippen molar-refractivity contribution in [3.63, 3.8) is 0 Å². The number of likely N-dealkylation sites (tertiary alicyclic amines) is 1. The average molecular weight is 199 g/mol. The van der Waals surface area contributed by atoms with Gasteiger partial charge in [0.15, 0.2) is 0 Å². The van der Waals surface area contributed by atoms with Gasteiger partial charge in [0.1, 0.15) is 0 Å². The molecule has 0 aromatic carbocycles. The normalized spacial score (nSPS) is 23.4. The molecule has 0 aromatic heterocycles. The molecule has 0 saturated carbocycles. The number of carbonyl (C=O) groups is 1. The van der Waals surface area contributed by atoms with E-state index in [-0.39, 0.29) is 5.91 Å². The fraction of sp³-hybridized carbons (Fsp3) is 0.900. The molecule has 1 aliphatic heterocycles. The van der Waals surface area contributed by atoms with Crippen molar-refractivity contribution in [2.24, 2.45) is 5.73 Å². The van der Waals surface area contributed by atoms with Gasteiger partial charge in [-0.1, -0.05) is 6.42 Å². The maximum absolute atomic E-state index is 11.2. The Morgan fingerprint density at radius 3 is 3.00 bits per heavy atom. The molecule has 1 rings (SSSR count). The van der Waals surface area contributed by atoms with Crippen LogP contribution in [-0.4, -0.2) is 43.5 Å². The predicted octanol–water partition coefficient (Wildman–Crippen LogP) is -0.0643. The van der Waals surface area contributed by atoms with Crippen LogP contribution in [0.25, 0.3) is 0 Å². The van der Waals surface area contributed by atoms with Gasteiger partial charge in [-0.05, 0) is 26.4 Å². The number of nitrogens with zero attached hydrogens (tertiary/aromatic N) is 1. The quantitative estimate of drug-likeness (QED) is 0.666. The third-order valence-corrected chi connectivity index (χ3v) is 2.83. The average Bonchev–Trinajstić information content (AvgIpc) is 2.17. The van der Waals surface area contributed by atoms with Crippen molar-refractivity contribution in [2.45, 2.75) is 31.7 Å². The van der Waals surface area contributed by atoms with E-state index in [1.807, 2.05) is 0 Å². The highest BCUT2D eigenvalue weighted by Crippen LogP contribution is 2.13. The lowest BCUT2D eigenvalue weighted by atomic mass is 10.0. The molecule has 1 amide bonds. The Hall–Kier alpha value is -0.610. The molecule has 0 aromatic rings. The van der Waals surface area contributed by atoms with Crippen LogP contribution < -0.4 is 11.1 Å². The zero-order valence-corrected chi connectivity index (χ0v) is 8.96. The summed E-state index contributed by atoms with van der Waals surface area (Å²) < 4.78 is 0. The summed E-state index contributed by atoms with van der Waals surface area (Å²) in [6, 6.07) is 0.519. The van der Waals surface area contributed by atoms with Crippen LogP contribution in [-0.2, 0) is 4.79 Å². The van der Waals surface area contributed by atoms with Crippen LogP contribution in [0.3, 0.4) is 0 Å². The topological polar surface area (TPSA) is 58.4 Å². The van der Waals surface area contributed by atoms with Crippen molar-refractivity contribution in [1.29, 1.82) is 0 Å². The summed E-state index contributed by atoms with van der Waals surface area (Å²) in [4.78, 5) is 13.5. The molecule has 1 heterocycles. The molecule has 3 N–H and O–H groups in total. The molecular weight excluding hydrogens is 178 g/mol. The number of rotatable bonds is 4. The van der Waals surface area contributed by atoms with E-state index in [0.717, 1.165) is 13.1 Å². The SMILES string of the molecule is CN1CCCCC1CNC(=O)CCN. The first-order valence-corrected chi connectivity index (χ1v) is 5.41. The van der Waals surface area contributed by atoms with E-state index in [1.165, 1.54) is 19.3 Å². The Balaban J connectivity index is 2.19. The molecule has 4 heteroatoms. The van der Waals surface area contributed by atoms with Gasteiger partial charge in [-0.25, -0.2) is 0 Å². The van der Waals surface area contributed by atoms with Crippen molar-refractivity contribution in [3.05, 3.63) is 0 Å². The third kappa shape index (κ3) is 3.64. The Kier molecular flexibility index (Phi) is 4.90. The van der Waals surface area contributed by atoms with E-state index in [1.54, 1.807) is 0 Å². The molecule has 1 saturated heterocycles. The van der Waals surface area contributed by atoms with E-state index in [4.69, 9.17) is 5.73 Å². The highest BCUT2D eigenvalue weighted by Gasteiger charge is 2.18. The van der Waals surface area contributed by atoms with Crippen molar-refractivity contribution in [2.75, 3.05) is 26.7 Å². The Morgan fingerprint density at radius 2 is 2.36 bits per heavy atom. The van der Waals surface area contributed by atoms with Gasteiger partial charge in [-0.3, -0.25) is 4.79 Å². The smallest absolute Gasteiger partial charge is 0.221 e. The van der Waals surface area contributed by atoms with Crippen LogP contribution in [0.5, 0.6) is 0 Å². The summed E-state index contributed by atoms with van der Waals surface area (Å²) in [5.74, 6) is 0.0754. The second kappa shape index (κ2) is 5.98. The van der Waals surface area contributed by atoms with Gasteiger partial charge in [0, 0.05) is 25.6 Å². The van der Waals surface area contributed by atoms with E-state index in [0.29, 0.717) is 19.0 Å². The monoisotopic (exact) mass is 199 g/mol. The van der Waals surface area contributed by atoms with Crippen LogP contribution in [0.15, 0.2) is 0 Å². The lowest BCUT2D eigenvalue weighted by Gasteiger charge is -2.32. The number of hydrogen-bond acceptors (Lipinski definition) is 3. The van der Waals surface area contributed by atoms with Crippen LogP contribution in [0.2, 0.25) is 0 Å². The zero-order chi connectivity index (χ0) is 10.4. The molecule has 1 unspecified atom stereocenters. The molecule has 14 heavy (non-hydrogen) atoms. The minimum absolute atomic E-state index is 0.0754. The summed E-state index contributed by atoms with van der Waals surface area (Å²) >= 11 is 0. The molecule has 0 spiro atoms. The van der Waals surface area contributed by atoms with Gasteiger partial charge in [-0.2, -0.15) is 0 Å². The first-order chi connectivity index (χ1) is 6.74. The standard InChI is InChI=1S/C10H21N3O/c1-13-7-3-2-4-9(13)8-12-10(14)5-6-11/h9H,2-8,11H2,1H3,(H,12,14). The van der Waals surface area contributed by atoms with E-state index in [2.05, 4.69) is 17.3 Å². The van der Waals surface area contributed by atoms with Crippen molar-refractivity contribution < 1.29 is 4.79 Å². The summed E-state index contributed by atoms with van der Waals surface area (Å²) in [7, 11) is 2.12. The lowest BCUT2D eigenvalue weighted by Crippen LogP contribution is -2.44. The molecule has 0 bridgehead atoms. The maximum Gasteiger partial charge on any atom is 0.221 e. The third-order valence-electron chi connectivity index (χ3n) is 2.83. The molecule has 1 atom stereocenters. The lowest BCUT2D eigenvalue weighted by molar-refractivity contribution is -0.121. The fourth-order valence-corrected chi connectivity index (χ4v) is 1.85. The second-order valence-electron chi connectivity index (χ2n) is 3.97. The minimum Gasteiger partial charge on any atom is -0.354 e. The van der Waals surface area contributed by atoms with Crippen LogP contribution in [0.4, 0.5) is 0 Å². The Bertz CT molecular complexity index is 184. The molecule has 1 aliphatic rings. The first kappa shape index (κ1) is 11.5. The summed E-state index contributed by atoms with van der Waals surface area (Å²) in [6.07, 6.45) is 4.20. The molecule has 82 valence electrons. The second-order valence-corrected chi connectivity index (χ2v) is 3.97. The van der Waals surface area contributed by atoms with E-state index >= 15 is 0 Å². The molecular formula is C10H21N3O. The van der Waals surface area contributed by atoms with Crippen molar-refractivity contribution in [1.82, 2.24) is 10.2 Å². The number of piperidine rings is 1. The van der Waals surface area contributed by atoms with Crippen LogP contribution in [0.1, 0.15) is 25.7 Å². The van der Waals surface area contributed by atoms with Gasteiger partial charge in [0.05, 0.1) is 0 Å². The molecule has 1 fully saturated rings. The summed E-state index contributed by atoms with van der Waals surface area (Å²) in [5, 5.41) is 2.92. The number of nitrogens with two attached hydrogens (primary N) is 1. The number of amides is 1. The maximum atomic E-state index is 11.2. The van der Waals surface area contributed by atoms with Crippen LogP contribution in [0, 0.1) is 0 Å². The minimum atomic E-state index is 0.0754. The van der Waals surface area contributed by atoms with E-state index < -0.39 is 0 Å². The fourth-order valence-electron chi connectivity index (χ4n) is 1.85. The highest BCUT2D eigenvalue weighted by atomic mass is 16.1. The number of nitrogens with one attached hydrogen (secondary N) is 1. The van der Waals surface area contributed by atoms with E-state index in [9.17, 15) is 4.79 Å².